The van der Waals surface area contributed by atoms with Gasteiger partial charge in [0.05, 0.1) is 11.4 Å². The van der Waals surface area contributed by atoms with Crippen molar-refractivity contribution in [2.24, 2.45) is 7.05 Å². The molecule has 2 heterocycles. The van der Waals surface area contributed by atoms with Crippen LogP contribution in [0.1, 0.15) is 23.4 Å². The van der Waals surface area contributed by atoms with E-state index in [2.05, 4.69) is 15.5 Å². The Morgan fingerprint density at radius 1 is 1.07 bits per heavy atom. The van der Waals surface area contributed by atoms with E-state index in [0.717, 1.165) is 16.9 Å². The maximum absolute atomic E-state index is 13.2. The van der Waals surface area contributed by atoms with E-state index in [9.17, 15) is 9.18 Å². The van der Waals surface area contributed by atoms with E-state index in [1.54, 1.807) is 21.5 Å². The normalized spacial score (nSPS) is 12.3. The van der Waals surface area contributed by atoms with Gasteiger partial charge < -0.3 is 0 Å². The Morgan fingerprint density at radius 3 is 2.45 bits per heavy atom. The van der Waals surface area contributed by atoms with Gasteiger partial charge in [-0.3, -0.25) is 9.48 Å². The lowest BCUT2D eigenvalue weighted by Crippen LogP contribution is -2.22. The fraction of sp³-hybridized carbons (Fsp3) is 0.200. The first kappa shape index (κ1) is 19.1. The molecule has 7 nitrogen and oxygen atoms in total. The molecule has 0 aliphatic heterocycles. The number of hydrogen-bond acceptors (Lipinski definition) is 5. The van der Waals surface area contributed by atoms with E-state index in [0.29, 0.717) is 10.8 Å². The summed E-state index contributed by atoms with van der Waals surface area (Å²) >= 11 is 1.41. The molecule has 0 amide bonds. The minimum absolute atomic E-state index is 0.0271. The van der Waals surface area contributed by atoms with Crippen LogP contribution in [-0.2, 0) is 7.05 Å². The van der Waals surface area contributed by atoms with Gasteiger partial charge in [0.2, 0.25) is 5.16 Å². The van der Waals surface area contributed by atoms with Crippen LogP contribution in [0.5, 0.6) is 0 Å². The van der Waals surface area contributed by atoms with E-state index in [4.69, 9.17) is 0 Å². The van der Waals surface area contributed by atoms with Crippen molar-refractivity contribution >= 4 is 11.8 Å². The average molecular weight is 410 g/mol. The third-order valence-corrected chi connectivity index (χ3v) is 5.89. The average Bonchev–Trinajstić information content (AvgIpc) is 3.25. The first-order valence-corrected chi connectivity index (χ1v) is 9.90. The van der Waals surface area contributed by atoms with E-state index in [1.807, 2.05) is 51.2 Å². The lowest BCUT2D eigenvalue weighted by molar-refractivity contribution is 0.627. The van der Waals surface area contributed by atoms with Gasteiger partial charge in [0, 0.05) is 12.3 Å². The third-order valence-electron chi connectivity index (χ3n) is 4.80. The number of tetrazole rings is 1. The van der Waals surface area contributed by atoms with Crippen molar-refractivity contribution in [2.75, 3.05) is 0 Å². The van der Waals surface area contributed by atoms with Crippen LogP contribution in [-0.4, -0.2) is 29.6 Å². The highest BCUT2D eigenvalue weighted by molar-refractivity contribution is 7.99. The summed E-state index contributed by atoms with van der Waals surface area (Å²) in [6.07, 6.45) is 0. The zero-order valence-corrected chi connectivity index (χ0v) is 17.0. The van der Waals surface area contributed by atoms with Crippen LogP contribution < -0.4 is 5.56 Å². The minimum atomic E-state index is -0.280. The molecule has 0 aliphatic rings. The van der Waals surface area contributed by atoms with Crippen molar-refractivity contribution in [1.29, 1.82) is 0 Å². The predicted molar refractivity (Wildman–Crippen MR) is 109 cm³/mol. The molecule has 0 saturated heterocycles. The summed E-state index contributed by atoms with van der Waals surface area (Å²) in [5, 5.41) is 12.4. The second-order valence-electron chi connectivity index (χ2n) is 6.60. The quantitative estimate of drug-likeness (QED) is 0.471. The Kier molecular flexibility index (Phi) is 5.06. The smallest absolute Gasteiger partial charge is 0.283 e. The topological polar surface area (TPSA) is 70.5 Å². The van der Waals surface area contributed by atoms with E-state index >= 15 is 0 Å². The second kappa shape index (κ2) is 7.67. The molecular formula is C20H19FN6OS. The third kappa shape index (κ3) is 3.49. The van der Waals surface area contributed by atoms with Gasteiger partial charge in [0.25, 0.3) is 5.56 Å². The Labute approximate surface area is 170 Å². The Balaban J connectivity index is 1.74. The number of benzene rings is 2. The first-order valence-electron chi connectivity index (χ1n) is 9.02. The lowest BCUT2D eigenvalue weighted by atomic mass is 10.2. The second-order valence-corrected chi connectivity index (χ2v) is 7.90. The molecular weight excluding hydrogens is 391 g/mol. The van der Waals surface area contributed by atoms with Crippen LogP contribution in [0.3, 0.4) is 0 Å². The zero-order chi connectivity index (χ0) is 20.5. The molecule has 0 fully saturated rings. The molecule has 9 heteroatoms. The molecule has 2 aromatic heterocycles. The summed E-state index contributed by atoms with van der Waals surface area (Å²) in [5.74, 6) is -0.280. The van der Waals surface area contributed by atoms with Crippen molar-refractivity contribution < 1.29 is 4.39 Å². The molecule has 0 aliphatic carbocycles. The van der Waals surface area contributed by atoms with Crippen LogP contribution in [0, 0.1) is 12.7 Å². The van der Waals surface area contributed by atoms with Crippen molar-refractivity contribution in [2.45, 2.75) is 24.3 Å². The molecule has 0 saturated carbocycles. The fourth-order valence-electron chi connectivity index (χ4n) is 3.15. The van der Waals surface area contributed by atoms with Crippen molar-refractivity contribution in [3.63, 3.8) is 0 Å². The van der Waals surface area contributed by atoms with Gasteiger partial charge in [-0.2, -0.15) is 4.68 Å². The highest BCUT2D eigenvalue weighted by atomic mass is 32.2. The molecule has 1 atom stereocenters. The van der Waals surface area contributed by atoms with Crippen LogP contribution in [0.25, 0.3) is 11.4 Å². The van der Waals surface area contributed by atoms with Crippen molar-refractivity contribution in [3.05, 3.63) is 82.0 Å². The van der Waals surface area contributed by atoms with Gasteiger partial charge in [0.1, 0.15) is 5.82 Å². The number of thioether (sulfide) groups is 1. The molecule has 0 bridgehead atoms. The zero-order valence-electron chi connectivity index (χ0n) is 16.2. The summed E-state index contributed by atoms with van der Waals surface area (Å²) in [6.45, 7) is 3.84. The van der Waals surface area contributed by atoms with Gasteiger partial charge >= 0.3 is 0 Å². The van der Waals surface area contributed by atoms with Crippen LogP contribution in [0.15, 0.2) is 64.5 Å². The Hall–Kier alpha value is -3.20. The summed E-state index contributed by atoms with van der Waals surface area (Å²) in [4.78, 5) is 13.2. The fourth-order valence-corrected chi connectivity index (χ4v) is 4.07. The highest BCUT2D eigenvalue weighted by Crippen LogP contribution is 2.34. The van der Waals surface area contributed by atoms with E-state index in [1.165, 1.54) is 28.6 Å². The Bertz CT molecular complexity index is 1200. The maximum atomic E-state index is 13.2. The largest absolute Gasteiger partial charge is 0.297 e. The Morgan fingerprint density at radius 2 is 1.76 bits per heavy atom. The monoisotopic (exact) mass is 410 g/mol. The summed E-state index contributed by atoms with van der Waals surface area (Å²) in [5.41, 5.74) is 2.63. The lowest BCUT2D eigenvalue weighted by Gasteiger charge is -2.10. The molecule has 0 N–H and O–H groups in total. The molecule has 148 valence electrons. The van der Waals surface area contributed by atoms with Gasteiger partial charge in [-0.05, 0) is 54.1 Å². The van der Waals surface area contributed by atoms with Crippen LogP contribution in [0.2, 0.25) is 0 Å². The van der Waals surface area contributed by atoms with Crippen LogP contribution in [0.4, 0.5) is 4.39 Å². The van der Waals surface area contributed by atoms with E-state index < -0.39 is 0 Å². The highest BCUT2D eigenvalue weighted by Gasteiger charge is 2.23. The van der Waals surface area contributed by atoms with Crippen molar-refractivity contribution in [1.82, 2.24) is 29.6 Å². The number of halogens is 1. The first-order chi connectivity index (χ1) is 14.0. The molecule has 1 unspecified atom stereocenters. The number of nitrogens with zero attached hydrogens (tertiary/aromatic N) is 6. The van der Waals surface area contributed by atoms with Gasteiger partial charge in [-0.1, -0.05) is 42.1 Å². The predicted octanol–water partition coefficient (Wildman–Crippen LogP) is 3.45. The molecule has 29 heavy (non-hydrogen) atoms. The van der Waals surface area contributed by atoms with E-state index in [-0.39, 0.29) is 16.6 Å². The van der Waals surface area contributed by atoms with Crippen LogP contribution >= 0.6 is 11.8 Å². The van der Waals surface area contributed by atoms with Gasteiger partial charge in [-0.25, -0.2) is 9.07 Å². The van der Waals surface area contributed by atoms with Gasteiger partial charge in [-0.15, -0.1) is 5.10 Å². The minimum Gasteiger partial charge on any atom is -0.283 e. The standard InChI is InChI=1S/C20H19FN6OS/c1-13-18(19(28)27(25(13)3)17-7-5-4-6-8-17)26-20(22-23-24-26)29-14(2)15-9-11-16(21)12-10-15/h4-12,14H,1-3H3. The number of rotatable bonds is 5. The molecule has 0 radical (unpaired) electrons. The molecule has 4 aromatic rings. The number of para-hydroxylation sites is 1. The molecule has 4 rings (SSSR count). The number of hydrogen-bond donors (Lipinski definition) is 0. The summed E-state index contributed by atoms with van der Waals surface area (Å²) < 4.78 is 18.0. The van der Waals surface area contributed by atoms with Crippen molar-refractivity contribution in [3.8, 4) is 11.4 Å². The SMILES string of the molecule is Cc1c(-n2nnnc2SC(C)c2ccc(F)cc2)c(=O)n(-c2ccccc2)n1C. The summed E-state index contributed by atoms with van der Waals surface area (Å²) in [7, 11) is 1.82. The summed E-state index contributed by atoms with van der Waals surface area (Å²) in [6, 6.07) is 15.7. The number of aromatic nitrogens is 6. The molecule has 2 aromatic carbocycles. The molecule has 0 spiro atoms. The van der Waals surface area contributed by atoms with Gasteiger partial charge in [0.15, 0.2) is 5.69 Å². The maximum Gasteiger partial charge on any atom is 0.297 e.